The monoisotopic (exact) mass is 316 g/mol. The number of rotatable bonds is 3. The number of benzene rings is 1. The summed E-state index contributed by atoms with van der Waals surface area (Å²) in [7, 11) is 0. The van der Waals surface area contributed by atoms with E-state index in [1.807, 2.05) is 11.6 Å². The molecule has 1 N–H and O–H groups in total. The molecule has 0 unspecified atom stereocenters. The summed E-state index contributed by atoms with van der Waals surface area (Å²) in [6.07, 6.45) is 4.02. The van der Waals surface area contributed by atoms with Gasteiger partial charge in [0.15, 0.2) is 0 Å². The first kappa shape index (κ1) is 13.8. The molecule has 0 atom stereocenters. The summed E-state index contributed by atoms with van der Waals surface area (Å²) in [6, 6.07) is 4.72. The van der Waals surface area contributed by atoms with Crippen molar-refractivity contribution < 1.29 is 4.39 Å². The molecule has 3 aromatic rings. The van der Waals surface area contributed by atoms with Gasteiger partial charge in [0.2, 0.25) is 0 Å². The summed E-state index contributed by atoms with van der Waals surface area (Å²) in [4.78, 5) is 14.7. The smallest absolute Gasteiger partial charge is 0.125 e. The van der Waals surface area contributed by atoms with E-state index in [2.05, 4.69) is 19.9 Å². The Kier molecular flexibility index (Phi) is 3.63. The van der Waals surface area contributed by atoms with Gasteiger partial charge in [-0.15, -0.1) is 11.3 Å². The Hall–Kier alpha value is -1.79. The van der Waals surface area contributed by atoms with Gasteiger partial charge in [0.05, 0.1) is 17.6 Å². The van der Waals surface area contributed by atoms with Gasteiger partial charge in [0, 0.05) is 17.5 Å². The van der Waals surface area contributed by atoms with E-state index in [4.69, 9.17) is 0 Å². The number of halogens is 1. The Labute approximate surface area is 132 Å². The standard InChI is InChI=1S/C16H17FN4S/c17-12-1-2-13-14(9-12)20-16(19-13)11-3-6-21(7-4-11)10-15-18-5-8-22-15/h1-2,5,8-9,11H,3-4,6-7,10H2,(H,19,20). The van der Waals surface area contributed by atoms with Gasteiger partial charge in [-0.05, 0) is 44.1 Å². The van der Waals surface area contributed by atoms with Gasteiger partial charge >= 0.3 is 0 Å². The zero-order chi connectivity index (χ0) is 14.9. The van der Waals surface area contributed by atoms with Crippen molar-refractivity contribution in [3.63, 3.8) is 0 Å². The fourth-order valence-corrected chi connectivity index (χ4v) is 3.74. The second-order valence-corrected chi connectivity index (χ2v) is 6.74. The van der Waals surface area contributed by atoms with Crippen LogP contribution in [0, 0.1) is 5.82 Å². The lowest BCUT2D eigenvalue weighted by molar-refractivity contribution is 0.202. The number of piperidine rings is 1. The topological polar surface area (TPSA) is 44.8 Å². The number of aromatic nitrogens is 3. The Morgan fingerprint density at radius 1 is 1.32 bits per heavy atom. The highest BCUT2D eigenvalue weighted by Gasteiger charge is 2.23. The lowest BCUT2D eigenvalue weighted by Gasteiger charge is -2.30. The third-order valence-corrected chi connectivity index (χ3v) is 5.04. The molecule has 6 heteroatoms. The van der Waals surface area contributed by atoms with Gasteiger partial charge in [-0.25, -0.2) is 14.4 Å². The lowest BCUT2D eigenvalue weighted by Crippen LogP contribution is -2.32. The number of thiazole rings is 1. The average molecular weight is 316 g/mol. The number of fused-ring (bicyclic) bond motifs is 1. The fourth-order valence-electron chi connectivity index (χ4n) is 3.08. The van der Waals surface area contributed by atoms with E-state index >= 15 is 0 Å². The van der Waals surface area contributed by atoms with Crippen LogP contribution in [0.2, 0.25) is 0 Å². The Bertz CT molecular complexity index is 760. The van der Waals surface area contributed by atoms with Gasteiger partial charge in [0.25, 0.3) is 0 Å². The van der Waals surface area contributed by atoms with E-state index in [1.54, 1.807) is 17.4 Å². The average Bonchev–Trinajstić information content (AvgIpc) is 3.17. The SMILES string of the molecule is Fc1ccc2nc(C3CCN(Cc4nccs4)CC3)[nH]c2c1. The molecule has 1 saturated heterocycles. The molecule has 0 radical (unpaired) electrons. The molecule has 1 aromatic carbocycles. The fraction of sp³-hybridized carbons (Fsp3) is 0.375. The predicted octanol–water partition coefficient (Wildman–Crippen LogP) is 3.54. The van der Waals surface area contributed by atoms with Crippen LogP contribution in [0.4, 0.5) is 4.39 Å². The van der Waals surface area contributed by atoms with Crippen LogP contribution < -0.4 is 0 Å². The van der Waals surface area contributed by atoms with Crippen molar-refractivity contribution in [1.29, 1.82) is 0 Å². The molecule has 4 nitrogen and oxygen atoms in total. The van der Waals surface area contributed by atoms with E-state index in [9.17, 15) is 4.39 Å². The summed E-state index contributed by atoms with van der Waals surface area (Å²) in [5, 5.41) is 3.20. The van der Waals surface area contributed by atoms with E-state index in [1.165, 1.54) is 17.1 Å². The minimum Gasteiger partial charge on any atom is -0.342 e. The molecule has 1 aliphatic rings. The van der Waals surface area contributed by atoms with Crippen LogP contribution in [0.5, 0.6) is 0 Å². The van der Waals surface area contributed by atoms with Crippen LogP contribution >= 0.6 is 11.3 Å². The highest BCUT2D eigenvalue weighted by atomic mass is 32.1. The number of H-pyrrole nitrogens is 1. The Morgan fingerprint density at radius 2 is 2.18 bits per heavy atom. The van der Waals surface area contributed by atoms with Crippen LogP contribution in [0.3, 0.4) is 0 Å². The zero-order valence-electron chi connectivity index (χ0n) is 12.1. The van der Waals surface area contributed by atoms with Crippen molar-refractivity contribution in [2.75, 3.05) is 13.1 Å². The van der Waals surface area contributed by atoms with Crippen LogP contribution in [-0.2, 0) is 6.54 Å². The molecule has 0 amide bonds. The highest BCUT2D eigenvalue weighted by molar-refractivity contribution is 7.09. The molecule has 0 bridgehead atoms. The number of nitrogens with zero attached hydrogens (tertiary/aromatic N) is 3. The molecular formula is C16H17FN4S. The number of hydrogen-bond donors (Lipinski definition) is 1. The maximum Gasteiger partial charge on any atom is 0.125 e. The Balaban J connectivity index is 1.43. The van der Waals surface area contributed by atoms with Crippen molar-refractivity contribution in [3.05, 3.63) is 46.4 Å². The summed E-state index contributed by atoms with van der Waals surface area (Å²) >= 11 is 1.71. The summed E-state index contributed by atoms with van der Waals surface area (Å²) in [6.45, 7) is 3.04. The number of nitrogens with one attached hydrogen (secondary N) is 1. The maximum absolute atomic E-state index is 13.3. The molecule has 1 fully saturated rings. The van der Waals surface area contributed by atoms with Crippen LogP contribution in [0.1, 0.15) is 29.6 Å². The van der Waals surface area contributed by atoms with Gasteiger partial charge < -0.3 is 4.98 Å². The largest absolute Gasteiger partial charge is 0.342 e. The normalized spacial score (nSPS) is 17.3. The van der Waals surface area contributed by atoms with E-state index < -0.39 is 0 Å². The molecule has 1 aliphatic heterocycles. The second kappa shape index (κ2) is 5.78. The van der Waals surface area contributed by atoms with Crippen molar-refractivity contribution in [1.82, 2.24) is 19.9 Å². The number of imidazole rings is 1. The summed E-state index contributed by atoms with van der Waals surface area (Å²) in [5.41, 5.74) is 1.64. The first-order valence-corrected chi connectivity index (χ1v) is 8.42. The molecular weight excluding hydrogens is 299 g/mol. The number of likely N-dealkylation sites (tertiary alicyclic amines) is 1. The van der Waals surface area contributed by atoms with Gasteiger partial charge in [-0.1, -0.05) is 0 Å². The lowest BCUT2D eigenvalue weighted by atomic mass is 9.96. The summed E-state index contributed by atoms with van der Waals surface area (Å²) < 4.78 is 13.3. The van der Waals surface area contributed by atoms with E-state index in [0.717, 1.165) is 49.3 Å². The third-order valence-electron chi connectivity index (χ3n) is 4.28. The number of aromatic amines is 1. The van der Waals surface area contributed by atoms with Crippen molar-refractivity contribution in [2.24, 2.45) is 0 Å². The first-order chi connectivity index (χ1) is 10.8. The van der Waals surface area contributed by atoms with Crippen LogP contribution in [-0.4, -0.2) is 32.9 Å². The molecule has 0 aliphatic carbocycles. The van der Waals surface area contributed by atoms with Gasteiger partial charge in [-0.3, -0.25) is 4.90 Å². The zero-order valence-corrected chi connectivity index (χ0v) is 12.9. The van der Waals surface area contributed by atoms with Crippen LogP contribution in [0.15, 0.2) is 29.8 Å². The molecule has 0 spiro atoms. The molecule has 4 rings (SSSR count). The molecule has 114 valence electrons. The second-order valence-electron chi connectivity index (χ2n) is 5.76. The molecule has 3 heterocycles. The predicted molar refractivity (Wildman–Crippen MR) is 85.4 cm³/mol. The first-order valence-electron chi connectivity index (χ1n) is 7.54. The highest BCUT2D eigenvalue weighted by Crippen LogP contribution is 2.28. The van der Waals surface area contributed by atoms with Gasteiger partial charge in [-0.2, -0.15) is 0 Å². The minimum atomic E-state index is -0.221. The minimum absolute atomic E-state index is 0.221. The Morgan fingerprint density at radius 3 is 2.95 bits per heavy atom. The van der Waals surface area contributed by atoms with Crippen molar-refractivity contribution in [3.8, 4) is 0 Å². The van der Waals surface area contributed by atoms with Crippen molar-refractivity contribution in [2.45, 2.75) is 25.3 Å². The van der Waals surface area contributed by atoms with Crippen LogP contribution in [0.25, 0.3) is 11.0 Å². The molecule has 0 saturated carbocycles. The molecule has 22 heavy (non-hydrogen) atoms. The molecule has 2 aromatic heterocycles. The van der Waals surface area contributed by atoms with Gasteiger partial charge in [0.1, 0.15) is 16.6 Å². The quantitative estimate of drug-likeness (QED) is 0.804. The number of hydrogen-bond acceptors (Lipinski definition) is 4. The maximum atomic E-state index is 13.3. The third kappa shape index (κ3) is 2.76. The van der Waals surface area contributed by atoms with Crippen molar-refractivity contribution >= 4 is 22.4 Å². The summed E-state index contributed by atoms with van der Waals surface area (Å²) in [5.74, 6) is 1.21. The van der Waals surface area contributed by atoms with E-state index in [-0.39, 0.29) is 5.82 Å². The van der Waals surface area contributed by atoms with E-state index in [0.29, 0.717) is 5.92 Å².